The van der Waals surface area contributed by atoms with Crippen molar-refractivity contribution in [1.29, 1.82) is 0 Å². The summed E-state index contributed by atoms with van der Waals surface area (Å²) < 4.78 is 27.9. The zero-order chi connectivity index (χ0) is 15.9. The number of amides is 2. The number of hydrogen-bond donors (Lipinski definition) is 1. The van der Waals surface area contributed by atoms with Crippen LogP contribution >= 0.6 is 0 Å². The highest BCUT2D eigenvalue weighted by Gasteiger charge is 2.21. The third-order valence-corrected chi connectivity index (χ3v) is 4.57. The van der Waals surface area contributed by atoms with Crippen LogP contribution in [0, 0.1) is 0 Å². The summed E-state index contributed by atoms with van der Waals surface area (Å²) >= 11 is 0. The molecule has 0 bridgehead atoms. The monoisotopic (exact) mass is 321 g/mol. The van der Waals surface area contributed by atoms with Crippen LogP contribution < -0.4 is 5.32 Å². The van der Waals surface area contributed by atoms with Crippen molar-refractivity contribution in [1.82, 2.24) is 15.1 Å². The molecule has 1 saturated heterocycles. The highest BCUT2D eigenvalue weighted by atomic mass is 32.2. The maximum absolute atomic E-state index is 12.1. The van der Waals surface area contributed by atoms with Crippen LogP contribution in [0.5, 0.6) is 0 Å². The van der Waals surface area contributed by atoms with E-state index < -0.39 is 9.84 Å². The summed E-state index contributed by atoms with van der Waals surface area (Å²) in [5, 5.41) is 2.86. The molecule has 0 saturated carbocycles. The van der Waals surface area contributed by atoms with Gasteiger partial charge in [-0.3, -0.25) is 4.90 Å². The number of carbonyl (C=O) groups is 1. The molecule has 0 aromatic heterocycles. The molecule has 1 N–H and O–H groups in total. The number of morpholine rings is 1. The molecule has 8 heteroatoms. The average molecular weight is 321 g/mol. The molecule has 0 spiro atoms. The summed E-state index contributed by atoms with van der Waals surface area (Å²) in [6.45, 7) is 8.68. The second-order valence-corrected chi connectivity index (χ2v) is 7.60. The van der Waals surface area contributed by atoms with Crippen LogP contribution in [0.3, 0.4) is 0 Å². The number of rotatable bonds is 7. The quantitative estimate of drug-likeness (QED) is 0.701. The van der Waals surface area contributed by atoms with E-state index in [0.717, 1.165) is 32.8 Å². The third-order valence-electron chi connectivity index (χ3n) is 3.49. The van der Waals surface area contributed by atoms with E-state index >= 15 is 0 Å². The lowest BCUT2D eigenvalue weighted by Gasteiger charge is -2.29. The van der Waals surface area contributed by atoms with Crippen molar-refractivity contribution >= 4 is 15.9 Å². The molecule has 2 amide bonds. The lowest BCUT2D eigenvalue weighted by molar-refractivity contribution is 0.0385. The Kier molecular flexibility index (Phi) is 7.41. The van der Waals surface area contributed by atoms with Gasteiger partial charge in [-0.1, -0.05) is 0 Å². The minimum Gasteiger partial charge on any atom is -0.379 e. The zero-order valence-electron chi connectivity index (χ0n) is 13.2. The molecule has 1 aliphatic rings. The number of carbonyl (C=O) groups excluding carboxylic acids is 1. The van der Waals surface area contributed by atoms with Gasteiger partial charge >= 0.3 is 6.03 Å². The topological polar surface area (TPSA) is 79.0 Å². The third kappa shape index (κ3) is 7.10. The van der Waals surface area contributed by atoms with Crippen molar-refractivity contribution in [3.8, 4) is 0 Å². The van der Waals surface area contributed by atoms with Gasteiger partial charge in [0.1, 0.15) is 9.84 Å². The van der Waals surface area contributed by atoms with E-state index in [1.165, 1.54) is 6.26 Å². The maximum atomic E-state index is 12.1. The molecule has 21 heavy (non-hydrogen) atoms. The van der Waals surface area contributed by atoms with E-state index in [1.807, 2.05) is 6.92 Å². The van der Waals surface area contributed by atoms with Gasteiger partial charge in [-0.2, -0.15) is 0 Å². The number of nitrogens with one attached hydrogen (secondary N) is 1. The predicted molar refractivity (Wildman–Crippen MR) is 82.2 cm³/mol. The lowest BCUT2D eigenvalue weighted by Crippen LogP contribution is -2.49. The summed E-state index contributed by atoms with van der Waals surface area (Å²) in [6, 6.07) is -0.532. The van der Waals surface area contributed by atoms with Gasteiger partial charge in [-0.25, -0.2) is 13.2 Å². The van der Waals surface area contributed by atoms with Crippen LogP contribution in [-0.2, 0) is 14.6 Å². The molecule has 1 rings (SSSR count). The molecule has 1 atom stereocenters. The minimum absolute atomic E-state index is 0.0161. The Bertz CT molecular complexity index is 421. The summed E-state index contributed by atoms with van der Waals surface area (Å²) in [6.07, 6.45) is 1.19. The molecule has 1 fully saturated rings. The molecule has 0 aromatic rings. The van der Waals surface area contributed by atoms with Crippen molar-refractivity contribution in [3.05, 3.63) is 0 Å². The van der Waals surface area contributed by atoms with E-state index in [0.29, 0.717) is 13.1 Å². The van der Waals surface area contributed by atoms with Gasteiger partial charge in [0, 0.05) is 45.0 Å². The first kappa shape index (κ1) is 18.2. The van der Waals surface area contributed by atoms with Crippen LogP contribution in [-0.4, -0.2) is 88.2 Å². The highest BCUT2D eigenvalue weighted by Crippen LogP contribution is 2.03. The fourth-order valence-corrected chi connectivity index (χ4v) is 3.49. The van der Waals surface area contributed by atoms with E-state index in [9.17, 15) is 13.2 Å². The van der Waals surface area contributed by atoms with Crippen molar-refractivity contribution in [2.75, 3.05) is 57.9 Å². The number of nitrogens with zero attached hydrogens (tertiary/aromatic N) is 2. The SMILES string of the molecule is CCN(C(=O)NCCN1CCOCC1)[C@@H](C)CS(C)(=O)=O. The summed E-state index contributed by atoms with van der Waals surface area (Å²) in [7, 11) is -3.09. The summed E-state index contributed by atoms with van der Waals surface area (Å²) in [4.78, 5) is 15.9. The number of ether oxygens (including phenoxy) is 1. The van der Waals surface area contributed by atoms with Gasteiger partial charge in [0.15, 0.2) is 0 Å². The summed E-state index contributed by atoms with van der Waals surface area (Å²) in [5.74, 6) is -0.0161. The second-order valence-electron chi connectivity index (χ2n) is 5.41. The van der Waals surface area contributed by atoms with Gasteiger partial charge < -0.3 is 15.0 Å². The molecule has 0 unspecified atom stereocenters. The Morgan fingerprint density at radius 1 is 1.38 bits per heavy atom. The van der Waals surface area contributed by atoms with Crippen LogP contribution in [0.15, 0.2) is 0 Å². The second kappa shape index (κ2) is 8.55. The lowest BCUT2D eigenvalue weighted by atomic mass is 10.3. The molecule has 1 heterocycles. The van der Waals surface area contributed by atoms with E-state index in [-0.39, 0.29) is 17.8 Å². The van der Waals surface area contributed by atoms with Gasteiger partial charge in [0.05, 0.1) is 19.0 Å². The highest BCUT2D eigenvalue weighted by molar-refractivity contribution is 7.90. The summed E-state index contributed by atoms with van der Waals surface area (Å²) in [5.41, 5.74) is 0. The first-order valence-electron chi connectivity index (χ1n) is 7.35. The van der Waals surface area contributed by atoms with Crippen LogP contribution in [0.4, 0.5) is 4.79 Å². The van der Waals surface area contributed by atoms with Gasteiger partial charge in [-0.05, 0) is 13.8 Å². The Hall–Kier alpha value is -0.860. The van der Waals surface area contributed by atoms with Gasteiger partial charge in [-0.15, -0.1) is 0 Å². The van der Waals surface area contributed by atoms with Crippen molar-refractivity contribution in [2.24, 2.45) is 0 Å². The Labute approximate surface area is 127 Å². The first-order valence-corrected chi connectivity index (χ1v) is 9.42. The van der Waals surface area contributed by atoms with Crippen molar-refractivity contribution < 1.29 is 17.9 Å². The normalized spacial score (nSPS) is 18.2. The Morgan fingerprint density at radius 2 is 2.00 bits per heavy atom. The molecule has 0 radical (unpaired) electrons. The van der Waals surface area contributed by atoms with Gasteiger partial charge in [0.25, 0.3) is 0 Å². The van der Waals surface area contributed by atoms with E-state index in [1.54, 1.807) is 11.8 Å². The molecule has 1 aliphatic heterocycles. The predicted octanol–water partition coefficient (Wildman–Crippen LogP) is -0.217. The smallest absolute Gasteiger partial charge is 0.317 e. The van der Waals surface area contributed by atoms with Crippen LogP contribution in [0.2, 0.25) is 0 Å². The van der Waals surface area contributed by atoms with Gasteiger partial charge in [0.2, 0.25) is 0 Å². The number of hydrogen-bond acceptors (Lipinski definition) is 5. The number of sulfone groups is 1. The van der Waals surface area contributed by atoms with E-state index in [2.05, 4.69) is 10.2 Å². The molecule has 124 valence electrons. The maximum Gasteiger partial charge on any atom is 0.317 e. The molecular formula is C13H27N3O4S. The van der Waals surface area contributed by atoms with Crippen LogP contribution in [0.1, 0.15) is 13.8 Å². The fraction of sp³-hybridized carbons (Fsp3) is 0.923. The molecular weight excluding hydrogens is 294 g/mol. The van der Waals surface area contributed by atoms with Crippen LogP contribution in [0.25, 0.3) is 0 Å². The Morgan fingerprint density at radius 3 is 2.52 bits per heavy atom. The Balaban J connectivity index is 2.36. The number of urea groups is 1. The standard InChI is InChI=1S/C13H27N3O4S/c1-4-16(12(2)11-21(3,18)19)13(17)14-5-6-15-7-9-20-10-8-15/h12H,4-11H2,1-3H3,(H,14,17)/t12-/m0/s1. The fourth-order valence-electron chi connectivity index (χ4n) is 2.43. The minimum atomic E-state index is -3.09. The average Bonchev–Trinajstić information content (AvgIpc) is 2.38. The zero-order valence-corrected chi connectivity index (χ0v) is 14.0. The van der Waals surface area contributed by atoms with Crippen molar-refractivity contribution in [3.63, 3.8) is 0 Å². The molecule has 0 aromatic carbocycles. The molecule has 7 nitrogen and oxygen atoms in total. The van der Waals surface area contributed by atoms with E-state index in [4.69, 9.17) is 4.74 Å². The molecule has 0 aliphatic carbocycles. The largest absolute Gasteiger partial charge is 0.379 e. The first-order chi connectivity index (χ1) is 9.83. The van der Waals surface area contributed by atoms with Crippen molar-refractivity contribution in [2.45, 2.75) is 19.9 Å².